The second kappa shape index (κ2) is 6.42. The maximum atomic E-state index is 12.9. The summed E-state index contributed by atoms with van der Waals surface area (Å²) < 4.78 is 12.4. The van der Waals surface area contributed by atoms with E-state index in [0.29, 0.717) is 36.4 Å². The molecule has 134 valence electrons. The van der Waals surface area contributed by atoms with Gasteiger partial charge in [0, 0.05) is 31.0 Å². The molecule has 1 fully saturated rings. The van der Waals surface area contributed by atoms with Crippen LogP contribution in [0.1, 0.15) is 27.7 Å². The van der Waals surface area contributed by atoms with Crippen LogP contribution in [0.4, 0.5) is 0 Å². The van der Waals surface area contributed by atoms with Crippen molar-refractivity contribution >= 4 is 17.0 Å². The summed E-state index contributed by atoms with van der Waals surface area (Å²) in [6, 6.07) is 8.94. The van der Waals surface area contributed by atoms with Crippen molar-refractivity contribution in [1.29, 1.82) is 0 Å². The number of fused-ring (bicyclic) bond motifs is 1. The van der Waals surface area contributed by atoms with E-state index >= 15 is 0 Å². The maximum absolute atomic E-state index is 12.9. The average Bonchev–Trinajstić information content (AvgIpc) is 2.95. The first-order valence-corrected chi connectivity index (χ1v) is 8.46. The number of aryl methyl sites for hydroxylation is 2. The van der Waals surface area contributed by atoms with Gasteiger partial charge < -0.3 is 14.1 Å². The summed E-state index contributed by atoms with van der Waals surface area (Å²) in [5, 5.41) is 0. The Morgan fingerprint density at radius 2 is 2.12 bits per heavy atom. The molecule has 0 radical (unpaired) electrons. The molecule has 26 heavy (non-hydrogen) atoms. The summed E-state index contributed by atoms with van der Waals surface area (Å²) in [7, 11) is 1.62. The van der Waals surface area contributed by atoms with Crippen LogP contribution in [0.25, 0.3) is 11.1 Å². The Labute approximate surface area is 149 Å². The third-order valence-electron chi connectivity index (χ3n) is 4.68. The number of carbonyl (C=O) groups excluding carboxylic acids is 1. The fourth-order valence-electron chi connectivity index (χ4n) is 3.25. The number of morpholine rings is 1. The lowest BCUT2D eigenvalue weighted by atomic mass is 10.1. The lowest BCUT2D eigenvalue weighted by molar-refractivity contribution is -0.0228. The number of ether oxygens (including phenoxy) is 1. The van der Waals surface area contributed by atoms with E-state index in [1.54, 1.807) is 36.3 Å². The van der Waals surface area contributed by atoms with Crippen molar-refractivity contribution in [3.63, 3.8) is 0 Å². The molecule has 0 aliphatic carbocycles. The predicted octanol–water partition coefficient (Wildman–Crippen LogP) is 2.05. The number of hydrogen-bond donors (Lipinski definition) is 0. The van der Waals surface area contributed by atoms with Crippen LogP contribution < -0.4 is 5.76 Å². The Bertz CT molecular complexity index is 1040. The second-order valence-electron chi connectivity index (χ2n) is 6.45. The summed E-state index contributed by atoms with van der Waals surface area (Å²) >= 11 is 0. The maximum Gasteiger partial charge on any atom is 0.419 e. The second-order valence-corrected chi connectivity index (χ2v) is 6.45. The quantitative estimate of drug-likeness (QED) is 0.705. The van der Waals surface area contributed by atoms with E-state index in [4.69, 9.17) is 9.15 Å². The molecule has 0 bridgehead atoms. The number of rotatable bonds is 2. The van der Waals surface area contributed by atoms with Crippen LogP contribution in [0.3, 0.4) is 0 Å². The largest absolute Gasteiger partial charge is 0.419 e. The van der Waals surface area contributed by atoms with Crippen molar-refractivity contribution in [3.8, 4) is 0 Å². The molecule has 0 N–H and O–H groups in total. The highest BCUT2D eigenvalue weighted by Gasteiger charge is 2.26. The predicted molar refractivity (Wildman–Crippen MR) is 95.0 cm³/mol. The highest BCUT2D eigenvalue weighted by Crippen LogP contribution is 2.24. The molecular weight excluding hydrogens is 334 g/mol. The van der Waals surface area contributed by atoms with Gasteiger partial charge in [-0.15, -0.1) is 0 Å². The van der Waals surface area contributed by atoms with E-state index in [9.17, 15) is 9.59 Å². The van der Waals surface area contributed by atoms with E-state index in [0.717, 1.165) is 11.3 Å². The average molecular weight is 353 g/mol. The van der Waals surface area contributed by atoms with Crippen molar-refractivity contribution in [2.24, 2.45) is 7.05 Å². The molecule has 4 rings (SSSR count). The molecule has 3 heterocycles. The monoisotopic (exact) mass is 353 g/mol. The Balaban J connectivity index is 1.59. The number of aromatic nitrogens is 2. The first kappa shape index (κ1) is 16.5. The fraction of sp³-hybridized carbons (Fsp3) is 0.316. The van der Waals surface area contributed by atoms with Crippen molar-refractivity contribution in [1.82, 2.24) is 14.5 Å². The molecule has 1 saturated heterocycles. The van der Waals surface area contributed by atoms with Gasteiger partial charge in [0.2, 0.25) is 0 Å². The van der Waals surface area contributed by atoms with Gasteiger partial charge in [0.05, 0.1) is 18.7 Å². The van der Waals surface area contributed by atoms with E-state index in [2.05, 4.69) is 4.98 Å². The summed E-state index contributed by atoms with van der Waals surface area (Å²) in [6.45, 7) is 3.41. The zero-order chi connectivity index (χ0) is 18.3. The van der Waals surface area contributed by atoms with Crippen LogP contribution in [-0.2, 0) is 11.8 Å². The van der Waals surface area contributed by atoms with Crippen molar-refractivity contribution < 1.29 is 13.9 Å². The first-order chi connectivity index (χ1) is 12.5. The van der Waals surface area contributed by atoms with Crippen LogP contribution in [0.2, 0.25) is 0 Å². The molecule has 1 aliphatic rings. The summed E-state index contributed by atoms with van der Waals surface area (Å²) in [5.41, 5.74) is 3.54. The van der Waals surface area contributed by atoms with Crippen molar-refractivity contribution in [2.75, 3.05) is 19.7 Å². The van der Waals surface area contributed by atoms with Crippen molar-refractivity contribution in [2.45, 2.75) is 13.0 Å². The number of oxazole rings is 1. The molecule has 1 atom stereocenters. The molecule has 1 amide bonds. The third-order valence-corrected chi connectivity index (χ3v) is 4.68. The fourth-order valence-corrected chi connectivity index (χ4v) is 3.25. The van der Waals surface area contributed by atoms with Crippen LogP contribution in [0.15, 0.2) is 45.7 Å². The zero-order valence-corrected chi connectivity index (χ0v) is 14.6. The third kappa shape index (κ3) is 2.90. The summed E-state index contributed by atoms with van der Waals surface area (Å²) in [6.07, 6.45) is 1.58. The van der Waals surface area contributed by atoms with Gasteiger partial charge in [0.25, 0.3) is 5.91 Å². The Kier molecular flexibility index (Phi) is 4.08. The lowest BCUT2D eigenvalue weighted by Crippen LogP contribution is -2.42. The topological polar surface area (TPSA) is 77.6 Å². The van der Waals surface area contributed by atoms with E-state index in [1.165, 1.54) is 4.57 Å². The van der Waals surface area contributed by atoms with Crippen LogP contribution in [0.5, 0.6) is 0 Å². The minimum absolute atomic E-state index is 0.0837. The SMILES string of the molecule is Cc1cc([C@H]2CN(C(=O)c3ccc4oc(=O)n(C)c4c3)CCO2)ccn1. The Morgan fingerprint density at radius 1 is 1.27 bits per heavy atom. The Hall–Kier alpha value is -2.93. The molecule has 2 aromatic heterocycles. The molecule has 7 nitrogen and oxygen atoms in total. The smallest absolute Gasteiger partial charge is 0.408 e. The number of nitrogens with zero attached hydrogens (tertiary/aromatic N) is 3. The highest BCUT2D eigenvalue weighted by atomic mass is 16.5. The van der Waals surface area contributed by atoms with Crippen LogP contribution >= 0.6 is 0 Å². The number of amides is 1. The lowest BCUT2D eigenvalue weighted by Gasteiger charge is -2.33. The summed E-state index contributed by atoms with van der Waals surface area (Å²) in [4.78, 5) is 30.6. The van der Waals surface area contributed by atoms with Gasteiger partial charge in [-0.1, -0.05) is 0 Å². The molecule has 1 aromatic carbocycles. The molecule has 0 saturated carbocycles. The van der Waals surface area contributed by atoms with Crippen LogP contribution in [-0.4, -0.2) is 40.1 Å². The standard InChI is InChI=1S/C19H19N3O4/c1-12-9-13(5-6-20-12)17-11-22(7-8-25-17)18(23)14-3-4-16-15(10-14)21(2)19(24)26-16/h3-6,9-10,17H,7-8,11H2,1-2H3/t17-/m1/s1. The van der Waals surface area contributed by atoms with Gasteiger partial charge in [0.1, 0.15) is 6.10 Å². The van der Waals surface area contributed by atoms with E-state index in [-0.39, 0.29) is 12.0 Å². The number of carbonyl (C=O) groups is 1. The van der Waals surface area contributed by atoms with Gasteiger partial charge in [-0.25, -0.2) is 4.79 Å². The molecule has 7 heteroatoms. The first-order valence-electron chi connectivity index (χ1n) is 8.46. The van der Waals surface area contributed by atoms with E-state index < -0.39 is 5.76 Å². The minimum atomic E-state index is -0.441. The minimum Gasteiger partial charge on any atom is -0.408 e. The molecule has 0 spiro atoms. The highest BCUT2D eigenvalue weighted by molar-refractivity contribution is 5.97. The normalized spacial score (nSPS) is 17.6. The van der Waals surface area contributed by atoms with E-state index in [1.807, 2.05) is 19.1 Å². The molecule has 1 aliphatic heterocycles. The zero-order valence-electron chi connectivity index (χ0n) is 14.6. The Morgan fingerprint density at radius 3 is 2.92 bits per heavy atom. The van der Waals surface area contributed by atoms with Crippen LogP contribution in [0, 0.1) is 6.92 Å². The van der Waals surface area contributed by atoms with Gasteiger partial charge in [0.15, 0.2) is 5.58 Å². The van der Waals surface area contributed by atoms with Gasteiger partial charge >= 0.3 is 5.76 Å². The number of pyridine rings is 1. The summed E-state index contributed by atoms with van der Waals surface area (Å²) in [5.74, 6) is -0.524. The van der Waals surface area contributed by atoms with Crippen molar-refractivity contribution in [3.05, 3.63) is 63.9 Å². The molecular formula is C19H19N3O4. The molecule has 0 unspecified atom stereocenters. The molecule has 3 aromatic rings. The van der Waals surface area contributed by atoms with Gasteiger partial charge in [-0.05, 0) is 42.8 Å². The van der Waals surface area contributed by atoms with Gasteiger partial charge in [-0.3, -0.25) is 14.3 Å². The van der Waals surface area contributed by atoms with Gasteiger partial charge in [-0.2, -0.15) is 0 Å². The number of hydrogen-bond acceptors (Lipinski definition) is 5. The number of benzene rings is 1.